The van der Waals surface area contributed by atoms with E-state index in [2.05, 4.69) is 49.7 Å². The number of H-pyrrole nitrogens is 1. The standard InChI is InChI=1S/C24H22FN5O/c1-30(2)13-14-3-5-15(6-4-14)20-22(16-7-9-26-10-8-16)27-19-12-17(25)11-18-21(19)23(20)28-29-24(18)31/h3-12,20,22,27H,13H2,1-2H3,(H,29,31)/t20-,22-/m1/s1. The third kappa shape index (κ3) is 3.47. The SMILES string of the molecule is CN(C)Cc1ccc([C@H]2c3n[nH]c(=O)c4cc(F)cc(c34)N[C@@H]2c2ccncc2)cc1. The molecule has 0 fully saturated rings. The molecule has 156 valence electrons. The Balaban J connectivity index is 1.72. The summed E-state index contributed by atoms with van der Waals surface area (Å²) in [5.74, 6) is -0.634. The van der Waals surface area contributed by atoms with Gasteiger partial charge in [-0.25, -0.2) is 9.49 Å². The summed E-state index contributed by atoms with van der Waals surface area (Å²) >= 11 is 0. The van der Waals surface area contributed by atoms with Crippen LogP contribution in [0.2, 0.25) is 0 Å². The van der Waals surface area contributed by atoms with Crippen LogP contribution in [0.25, 0.3) is 10.8 Å². The lowest BCUT2D eigenvalue weighted by Gasteiger charge is -2.34. The smallest absolute Gasteiger partial charge is 0.272 e. The van der Waals surface area contributed by atoms with Crippen molar-refractivity contribution in [1.29, 1.82) is 0 Å². The second kappa shape index (κ2) is 7.59. The zero-order valence-electron chi connectivity index (χ0n) is 17.3. The lowest BCUT2D eigenvalue weighted by molar-refractivity contribution is 0.402. The normalized spacial score (nSPS) is 17.7. The number of pyridine rings is 1. The van der Waals surface area contributed by atoms with E-state index in [0.717, 1.165) is 23.4 Å². The van der Waals surface area contributed by atoms with Crippen molar-refractivity contribution >= 4 is 16.5 Å². The van der Waals surface area contributed by atoms with Crippen LogP contribution >= 0.6 is 0 Å². The second-order valence-corrected chi connectivity index (χ2v) is 8.17. The molecule has 31 heavy (non-hydrogen) atoms. The van der Waals surface area contributed by atoms with Crippen molar-refractivity contribution in [1.82, 2.24) is 20.1 Å². The van der Waals surface area contributed by atoms with Crippen molar-refractivity contribution in [2.75, 3.05) is 19.4 Å². The van der Waals surface area contributed by atoms with Gasteiger partial charge >= 0.3 is 0 Å². The van der Waals surface area contributed by atoms with Gasteiger partial charge in [0, 0.05) is 30.0 Å². The molecule has 5 rings (SSSR count). The summed E-state index contributed by atoms with van der Waals surface area (Å²) in [6.45, 7) is 0.847. The van der Waals surface area contributed by atoms with Crippen LogP contribution in [0.1, 0.15) is 34.3 Å². The lowest BCUT2D eigenvalue weighted by atomic mass is 9.80. The molecule has 2 aromatic heterocycles. The van der Waals surface area contributed by atoms with Crippen molar-refractivity contribution in [2.24, 2.45) is 0 Å². The van der Waals surface area contributed by atoms with Gasteiger partial charge in [-0.05, 0) is 55.1 Å². The molecular weight excluding hydrogens is 393 g/mol. The predicted octanol–water partition coefficient (Wildman–Crippen LogP) is 3.82. The Kier molecular flexibility index (Phi) is 4.75. The quantitative estimate of drug-likeness (QED) is 0.530. The zero-order valence-corrected chi connectivity index (χ0v) is 17.3. The van der Waals surface area contributed by atoms with Gasteiger partial charge in [-0.3, -0.25) is 9.78 Å². The number of aromatic nitrogens is 3. The molecule has 0 unspecified atom stereocenters. The van der Waals surface area contributed by atoms with Gasteiger partial charge in [-0.2, -0.15) is 5.10 Å². The molecule has 6 nitrogen and oxygen atoms in total. The Bertz CT molecular complexity index is 1300. The number of anilines is 1. The summed E-state index contributed by atoms with van der Waals surface area (Å²) in [7, 11) is 4.07. The van der Waals surface area contributed by atoms with E-state index in [4.69, 9.17) is 0 Å². The molecule has 1 aliphatic heterocycles. The first-order valence-corrected chi connectivity index (χ1v) is 10.1. The van der Waals surface area contributed by atoms with Gasteiger partial charge in [-0.1, -0.05) is 24.3 Å². The van der Waals surface area contributed by atoms with E-state index in [9.17, 15) is 9.18 Å². The van der Waals surface area contributed by atoms with Crippen molar-refractivity contribution < 1.29 is 4.39 Å². The fourth-order valence-electron chi connectivity index (χ4n) is 4.43. The van der Waals surface area contributed by atoms with Crippen LogP contribution in [0.4, 0.5) is 10.1 Å². The molecule has 1 aliphatic rings. The molecule has 3 heterocycles. The number of hydrogen-bond acceptors (Lipinski definition) is 5. The number of nitrogens with zero attached hydrogens (tertiary/aromatic N) is 3. The monoisotopic (exact) mass is 415 g/mol. The first-order chi connectivity index (χ1) is 15.0. The number of hydrogen-bond donors (Lipinski definition) is 2. The maximum atomic E-state index is 14.3. The summed E-state index contributed by atoms with van der Waals surface area (Å²) in [6.07, 6.45) is 3.48. The molecule has 7 heteroatoms. The number of rotatable bonds is 4. The van der Waals surface area contributed by atoms with E-state index in [0.29, 0.717) is 16.5 Å². The summed E-state index contributed by atoms with van der Waals surface area (Å²) < 4.78 is 14.3. The van der Waals surface area contributed by atoms with E-state index in [-0.39, 0.29) is 12.0 Å². The summed E-state index contributed by atoms with van der Waals surface area (Å²) in [5, 5.41) is 11.5. The summed E-state index contributed by atoms with van der Waals surface area (Å²) in [4.78, 5) is 18.6. The number of nitrogens with one attached hydrogen (secondary N) is 2. The molecule has 2 aromatic carbocycles. The molecule has 0 bridgehead atoms. The van der Waals surface area contributed by atoms with Crippen LogP contribution in [0.15, 0.2) is 65.7 Å². The number of aromatic amines is 1. The van der Waals surface area contributed by atoms with E-state index < -0.39 is 11.4 Å². The van der Waals surface area contributed by atoms with Crippen LogP contribution in [-0.4, -0.2) is 34.2 Å². The summed E-state index contributed by atoms with van der Waals surface area (Å²) in [5.41, 5.74) is 4.18. The van der Waals surface area contributed by atoms with Gasteiger partial charge in [-0.15, -0.1) is 0 Å². The minimum absolute atomic E-state index is 0.173. The molecule has 2 N–H and O–H groups in total. The minimum Gasteiger partial charge on any atom is -0.377 e. The fraction of sp³-hybridized carbons (Fsp3) is 0.208. The molecule has 0 aliphatic carbocycles. The van der Waals surface area contributed by atoms with Crippen molar-refractivity contribution in [3.05, 3.63) is 99.5 Å². The number of halogens is 1. The second-order valence-electron chi connectivity index (χ2n) is 8.17. The van der Waals surface area contributed by atoms with Crippen molar-refractivity contribution in [3.63, 3.8) is 0 Å². The van der Waals surface area contributed by atoms with E-state index in [1.807, 2.05) is 26.2 Å². The van der Waals surface area contributed by atoms with Gasteiger partial charge in [0.2, 0.25) is 0 Å². The highest BCUT2D eigenvalue weighted by Gasteiger charge is 2.35. The van der Waals surface area contributed by atoms with Gasteiger partial charge in [0.25, 0.3) is 5.56 Å². The first kappa shape index (κ1) is 19.4. The largest absolute Gasteiger partial charge is 0.377 e. The van der Waals surface area contributed by atoms with Crippen LogP contribution in [0.3, 0.4) is 0 Å². The third-order valence-corrected chi connectivity index (χ3v) is 5.72. The summed E-state index contributed by atoms with van der Waals surface area (Å²) in [6, 6.07) is 14.8. The van der Waals surface area contributed by atoms with Gasteiger partial charge in [0.15, 0.2) is 0 Å². The highest BCUT2D eigenvalue weighted by Crippen LogP contribution is 2.46. The average molecular weight is 415 g/mol. The Labute approximate surface area is 178 Å². The molecule has 2 atom stereocenters. The minimum atomic E-state index is -0.461. The van der Waals surface area contributed by atoms with Crippen LogP contribution in [-0.2, 0) is 6.54 Å². The van der Waals surface area contributed by atoms with Gasteiger partial charge < -0.3 is 10.2 Å². The molecular formula is C24H22FN5O. The van der Waals surface area contributed by atoms with E-state index >= 15 is 0 Å². The highest BCUT2D eigenvalue weighted by atomic mass is 19.1. The van der Waals surface area contributed by atoms with E-state index in [1.165, 1.54) is 17.7 Å². The van der Waals surface area contributed by atoms with Crippen molar-refractivity contribution in [3.8, 4) is 0 Å². The fourth-order valence-corrected chi connectivity index (χ4v) is 4.43. The maximum absolute atomic E-state index is 14.3. The van der Waals surface area contributed by atoms with Crippen LogP contribution < -0.4 is 10.9 Å². The Morgan fingerprint density at radius 2 is 1.77 bits per heavy atom. The van der Waals surface area contributed by atoms with Gasteiger partial charge in [0.05, 0.1) is 23.0 Å². The van der Waals surface area contributed by atoms with Crippen LogP contribution in [0.5, 0.6) is 0 Å². The number of benzene rings is 2. The highest BCUT2D eigenvalue weighted by molar-refractivity contribution is 5.97. The molecule has 0 radical (unpaired) electrons. The molecule has 0 saturated carbocycles. The lowest BCUT2D eigenvalue weighted by Crippen LogP contribution is -2.28. The maximum Gasteiger partial charge on any atom is 0.272 e. The molecule has 0 amide bonds. The Hall–Kier alpha value is -3.58. The first-order valence-electron chi connectivity index (χ1n) is 10.1. The topological polar surface area (TPSA) is 73.9 Å². The van der Waals surface area contributed by atoms with Crippen LogP contribution in [0, 0.1) is 5.82 Å². The Morgan fingerprint density at radius 1 is 1.03 bits per heavy atom. The molecule has 4 aromatic rings. The molecule has 0 saturated heterocycles. The van der Waals surface area contributed by atoms with Gasteiger partial charge in [0.1, 0.15) is 5.82 Å². The third-order valence-electron chi connectivity index (χ3n) is 5.72. The predicted molar refractivity (Wildman–Crippen MR) is 119 cm³/mol. The Morgan fingerprint density at radius 3 is 2.48 bits per heavy atom. The molecule has 0 spiro atoms. The zero-order chi connectivity index (χ0) is 21.5. The van der Waals surface area contributed by atoms with Crippen molar-refractivity contribution in [2.45, 2.75) is 18.5 Å². The van der Waals surface area contributed by atoms with E-state index in [1.54, 1.807) is 12.4 Å². The average Bonchev–Trinajstić information content (AvgIpc) is 2.76.